The molecule has 0 spiro atoms. The Morgan fingerprint density at radius 1 is 0.920 bits per heavy atom. The summed E-state index contributed by atoms with van der Waals surface area (Å²) in [6, 6.07) is 0.683. The summed E-state index contributed by atoms with van der Waals surface area (Å²) < 4.78 is 22.9. The minimum atomic E-state index is -2.63. The summed E-state index contributed by atoms with van der Waals surface area (Å²) in [7, 11) is -2.63. The van der Waals surface area contributed by atoms with Crippen molar-refractivity contribution in [2.45, 2.75) is 85.3 Å². The summed E-state index contributed by atoms with van der Waals surface area (Å²) in [5.74, 6) is 0. The molecule has 1 N–H and O–H groups in total. The van der Waals surface area contributed by atoms with E-state index in [2.05, 4.69) is 12.2 Å². The van der Waals surface area contributed by atoms with Gasteiger partial charge in [-0.3, -0.25) is 0 Å². The van der Waals surface area contributed by atoms with E-state index in [1.807, 2.05) is 34.6 Å². The second-order valence-electron chi connectivity index (χ2n) is 6.62. The molecule has 1 amide bonds. The van der Waals surface area contributed by atoms with Crippen molar-refractivity contribution in [2.24, 2.45) is 0 Å². The van der Waals surface area contributed by atoms with Crippen LogP contribution in [0, 0.1) is 0 Å². The van der Waals surface area contributed by atoms with Crippen molar-refractivity contribution in [3.8, 4) is 0 Å². The lowest BCUT2D eigenvalue weighted by molar-refractivity contribution is 0.0307. The summed E-state index contributed by atoms with van der Waals surface area (Å²) in [6.45, 7) is 14.1. The van der Waals surface area contributed by atoms with E-state index in [1.165, 1.54) is 0 Å². The highest BCUT2D eigenvalue weighted by molar-refractivity contribution is 6.60. The molecule has 0 saturated heterocycles. The van der Waals surface area contributed by atoms with Crippen LogP contribution >= 0.6 is 0 Å². The van der Waals surface area contributed by atoms with E-state index in [-0.39, 0.29) is 6.09 Å². The predicted molar refractivity (Wildman–Crippen MR) is 103 cm³/mol. The molecule has 25 heavy (non-hydrogen) atoms. The van der Waals surface area contributed by atoms with Gasteiger partial charge in [-0.15, -0.1) is 0 Å². The SMILES string of the molecule is CCCCCC(C)(C)OC(=O)NCCC[Si](OCC)(OCC)OCC. The van der Waals surface area contributed by atoms with Crippen LogP contribution in [0.4, 0.5) is 4.79 Å². The molecule has 0 unspecified atom stereocenters. The molecule has 7 heteroatoms. The third-order valence-corrected chi connectivity index (χ3v) is 6.92. The lowest BCUT2D eigenvalue weighted by atomic mass is 10.0. The van der Waals surface area contributed by atoms with Gasteiger partial charge < -0.3 is 23.3 Å². The van der Waals surface area contributed by atoms with Crippen LogP contribution in [0.15, 0.2) is 0 Å². The normalized spacial score (nSPS) is 12.2. The predicted octanol–water partition coefficient (Wildman–Crippen LogP) is 4.51. The number of hydrogen-bond acceptors (Lipinski definition) is 5. The zero-order chi connectivity index (χ0) is 19.2. The van der Waals surface area contributed by atoms with Crippen LogP contribution in [0.25, 0.3) is 0 Å². The van der Waals surface area contributed by atoms with Crippen molar-refractivity contribution in [2.75, 3.05) is 26.4 Å². The average molecular weight is 378 g/mol. The number of amides is 1. The average Bonchev–Trinajstić information content (AvgIpc) is 2.52. The van der Waals surface area contributed by atoms with Crippen LogP contribution in [-0.4, -0.2) is 46.9 Å². The Kier molecular flexibility index (Phi) is 13.2. The van der Waals surface area contributed by atoms with Crippen molar-refractivity contribution in [1.29, 1.82) is 0 Å². The number of rotatable bonds is 15. The highest BCUT2D eigenvalue weighted by Gasteiger charge is 2.39. The van der Waals surface area contributed by atoms with Gasteiger partial charge in [-0.2, -0.15) is 0 Å². The van der Waals surface area contributed by atoms with Crippen LogP contribution in [0.1, 0.15) is 73.6 Å². The Bertz CT molecular complexity index is 335. The first-order chi connectivity index (χ1) is 11.8. The molecule has 0 saturated carbocycles. The molecule has 150 valence electrons. The molecule has 6 nitrogen and oxygen atoms in total. The Labute approximate surface area is 155 Å². The van der Waals surface area contributed by atoms with Crippen molar-refractivity contribution in [3.63, 3.8) is 0 Å². The highest BCUT2D eigenvalue weighted by atomic mass is 28.4. The van der Waals surface area contributed by atoms with Gasteiger partial charge >= 0.3 is 14.9 Å². The summed E-state index contributed by atoms with van der Waals surface area (Å²) in [4.78, 5) is 12.0. The molecule has 0 fully saturated rings. The Hall–Kier alpha value is -0.633. The fourth-order valence-corrected chi connectivity index (χ4v) is 5.25. The number of carbonyl (C=O) groups is 1. The van der Waals surface area contributed by atoms with E-state index in [4.69, 9.17) is 18.0 Å². The smallest absolute Gasteiger partial charge is 0.444 e. The van der Waals surface area contributed by atoms with Gasteiger partial charge in [0.05, 0.1) is 0 Å². The van der Waals surface area contributed by atoms with E-state index in [0.717, 1.165) is 32.1 Å². The monoisotopic (exact) mass is 377 g/mol. The summed E-state index contributed by atoms with van der Waals surface area (Å²) >= 11 is 0. The summed E-state index contributed by atoms with van der Waals surface area (Å²) in [5.41, 5.74) is -0.431. The Balaban J connectivity index is 4.23. The second-order valence-corrected chi connectivity index (χ2v) is 9.35. The number of alkyl carbamates (subject to hydrolysis) is 1. The topological polar surface area (TPSA) is 66.0 Å². The standard InChI is InChI=1S/C18H39NO5Si/c1-7-11-12-14-18(5,6)24-17(20)19-15-13-16-25(21-8-2,22-9-3)23-10-4/h7-16H2,1-6H3,(H,19,20). The Morgan fingerprint density at radius 2 is 1.48 bits per heavy atom. The second kappa shape index (κ2) is 13.6. The number of hydrogen-bond donors (Lipinski definition) is 1. The van der Waals surface area contributed by atoms with E-state index in [9.17, 15) is 4.79 Å². The molecular formula is C18H39NO5Si. The van der Waals surface area contributed by atoms with Gasteiger partial charge in [0.25, 0.3) is 0 Å². The van der Waals surface area contributed by atoms with Gasteiger partial charge in [0.2, 0.25) is 0 Å². The van der Waals surface area contributed by atoms with Gasteiger partial charge in [0.1, 0.15) is 5.60 Å². The Morgan fingerprint density at radius 3 is 1.96 bits per heavy atom. The van der Waals surface area contributed by atoms with Gasteiger partial charge in [-0.05, 0) is 53.9 Å². The van der Waals surface area contributed by atoms with Crippen LogP contribution < -0.4 is 5.32 Å². The largest absolute Gasteiger partial charge is 0.500 e. The lowest BCUT2D eigenvalue weighted by Crippen LogP contribution is -2.46. The molecule has 0 aromatic heterocycles. The molecule has 0 bridgehead atoms. The summed E-state index contributed by atoms with van der Waals surface area (Å²) in [6.07, 6.45) is 4.64. The quantitative estimate of drug-likeness (QED) is 0.336. The number of unbranched alkanes of at least 4 members (excludes halogenated alkanes) is 2. The van der Waals surface area contributed by atoms with Crippen LogP contribution in [-0.2, 0) is 18.0 Å². The molecule has 0 atom stereocenters. The van der Waals surface area contributed by atoms with E-state index in [1.54, 1.807) is 0 Å². The maximum Gasteiger partial charge on any atom is 0.500 e. The fourth-order valence-electron chi connectivity index (χ4n) is 2.64. The van der Waals surface area contributed by atoms with E-state index >= 15 is 0 Å². The maximum absolute atomic E-state index is 12.0. The molecule has 0 aromatic rings. The van der Waals surface area contributed by atoms with Crippen LogP contribution in [0.5, 0.6) is 0 Å². The third-order valence-electron chi connectivity index (χ3n) is 3.77. The molecule has 0 aliphatic rings. The minimum Gasteiger partial charge on any atom is -0.444 e. The molecule has 0 aliphatic carbocycles. The first-order valence-corrected chi connectivity index (χ1v) is 11.7. The van der Waals surface area contributed by atoms with Crippen molar-refractivity contribution < 1.29 is 22.8 Å². The molecule has 0 aromatic carbocycles. The molecule has 0 heterocycles. The lowest BCUT2D eigenvalue weighted by Gasteiger charge is -2.28. The number of nitrogens with one attached hydrogen (secondary N) is 1. The first kappa shape index (κ1) is 24.4. The van der Waals surface area contributed by atoms with Crippen molar-refractivity contribution in [1.82, 2.24) is 5.32 Å². The third kappa shape index (κ3) is 11.6. The van der Waals surface area contributed by atoms with E-state index in [0.29, 0.717) is 32.4 Å². The molecule has 0 radical (unpaired) electrons. The molecule has 0 rings (SSSR count). The minimum absolute atomic E-state index is 0.363. The van der Waals surface area contributed by atoms with Gasteiger partial charge in [-0.1, -0.05) is 19.8 Å². The zero-order valence-corrected chi connectivity index (χ0v) is 18.1. The van der Waals surface area contributed by atoms with Crippen LogP contribution in [0.2, 0.25) is 6.04 Å². The molecule has 0 aliphatic heterocycles. The zero-order valence-electron chi connectivity index (χ0n) is 17.1. The highest BCUT2D eigenvalue weighted by Crippen LogP contribution is 2.19. The first-order valence-electron chi connectivity index (χ1n) is 9.73. The molecular weight excluding hydrogens is 338 g/mol. The van der Waals surface area contributed by atoms with Gasteiger partial charge in [0, 0.05) is 32.4 Å². The fraction of sp³-hybridized carbons (Fsp3) is 0.944. The van der Waals surface area contributed by atoms with E-state index < -0.39 is 14.4 Å². The summed E-state index contributed by atoms with van der Waals surface area (Å²) in [5, 5.41) is 2.82. The number of carbonyl (C=O) groups excluding carboxylic acids is 1. The van der Waals surface area contributed by atoms with Crippen molar-refractivity contribution in [3.05, 3.63) is 0 Å². The maximum atomic E-state index is 12.0. The van der Waals surface area contributed by atoms with Gasteiger partial charge in [0.15, 0.2) is 0 Å². The van der Waals surface area contributed by atoms with Gasteiger partial charge in [-0.25, -0.2) is 4.79 Å². The van der Waals surface area contributed by atoms with Crippen molar-refractivity contribution >= 4 is 14.9 Å². The number of ether oxygens (including phenoxy) is 1. The van der Waals surface area contributed by atoms with Crippen LogP contribution in [0.3, 0.4) is 0 Å².